The van der Waals surface area contributed by atoms with Crippen LogP contribution in [0.25, 0.3) is 16.5 Å². The van der Waals surface area contributed by atoms with Crippen molar-refractivity contribution in [3.8, 4) is 17.2 Å². The van der Waals surface area contributed by atoms with Gasteiger partial charge in [0.15, 0.2) is 0 Å². The number of hydrogen-bond donors (Lipinski definition) is 0. The van der Waals surface area contributed by atoms with E-state index in [9.17, 15) is 4.79 Å². The Morgan fingerprint density at radius 3 is 2.71 bits per heavy atom. The first-order valence-electron chi connectivity index (χ1n) is 13.6. The molecule has 0 amide bonds. The number of benzene rings is 2. The van der Waals surface area contributed by atoms with Crippen LogP contribution in [0, 0.1) is 0 Å². The summed E-state index contributed by atoms with van der Waals surface area (Å²) in [5, 5.41) is 1.51. The minimum absolute atomic E-state index is 0.0690. The second-order valence-electron chi connectivity index (χ2n) is 10.2. The van der Waals surface area contributed by atoms with Gasteiger partial charge in [-0.05, 0) is 68.0 Å². The summed E-state index contributed by atoms with van der Waals surface area (Å²) in [5.74, 6) is 1.52. The standard InChI is InChI=1S/C30H39N3O5/c1-22(20-35-2)31-12-5-13-32(16-15-31)28-10-7-24(19-29(28)36-3)33-14-11-23-18-25(8-9-27(23)30(33)34)38-21-26-6-4-17-37-26/h7-11,14,18-19,22,26H,4-6,12-13,15-17,20-21H2,1-3H3/t22?,26-/m0/s1. The SMILES string of the molecule is COCC(C)N1CCCN(c2ccc(-n3ccc4cc(OC[C@@H]5CCCO5)ccc4c3=O)cc2OC)CC1. The highest BCUT2D eigenvalue weighted by molar-refractivity contribution is 5.83. The Balaban J connectivity index is 1.34. The highest BCUT2D eigenvalue weighted by Crippen LogP contribution is 2.32. The van der Waals surface area contributed by atoms with E-state index >= 15 is 0 Å². The van der Waals surface area contributed by atoms with Gasteiger partial charge in [0.1, 0.15) is 18.1 Å². The minimum atomic E-state index is -0.0690. The summed E-state index contributed by atoms with van der Waals surface area (Å²) in [5.41, 5.74) is 1.77. The number of nitrogens with zero attached hydrogens (tertiary/aromatic N) is 3. The van der Waals surface area contributed by atoms with Gasteiger partial charge in [-0.2, -0.15) is 0 Å². The van der Waals surface area contributed by atoms with E-state index in [0.717, 1.165) is 86.9 Å². The van der Waals surface area contributed by atoms with Gasteiger partial charge in [0.2, 0.25) is 0 Å². The predicted molar refractivity (Wildman–Crippen MR) is 150 cm³/mol. The first-order chi connectivity index (χ1) is 18.6. The molecule has 38 heavy (non-hydrogen) atoms. The Morgan fingerprint density at radius 1 is 1.03 bits per heavy atom. The van der Waals surface area contributed by atoms with Crippen LogP contribution in [0.15, 0.2) is 53.5 Å². The smallest absolute Gasteiger partial charge is 0.262 e. The second-order valence-corrected chi connectivity index (χ2v) is 10.2. The largest absolute Gasteiger partial charge is 0.495 e. The Labute approximate surface area is 224 Å². The van der Waals surface area contributed by atoms with Crippen LogP contribution in [0.1, 0.15) is 26.2 Å². The summed E-state index contributed by atoms with van der Waals surface area (Å²) in [6, 6.07) is 14.0. The molecule has 3 heterocycles. The van der Waals surface area contributed by atoms with Crippen molar-refractivity contribution in [3.63, 3.8) is 0 Å². The molecular weight excluding hydrogens is 482 g/mol. The molecule has 5 rings (SSSR count). The molecule has 0 N–H and O–H groups in total. The molecule has 1 aromatic heterocycles. The van der Waals surface area contributed by atoms with Gasteiger partial charge in [-0.3, -0.25) is 14.3 Å². The van der Waals surface area contributed by atoms with Crippen molar-refractivity contribution >= 4 is 16.5 Å². The fourth-order valence-electron chi connectivity index (χ4n) is 5.53. The summed E-state index contributed by atoms with van der Waals surface area (Å²) in [4.78, 5) is 18.3. The second kappa shape index (κ2) is 12.2. The Hall–Kier alpha value is -3.07. The molecule has 2 fully saturated rings. The van der Waals surface area contributed by atoms with E-state index < -0.39 is 0 Å². The van der Waals surface area contributed by atoms with Crippen LogP contribution >= 0.6 is 0 Å². The molecule has 2 aliphatic heterocycles. The molecule has 0 radical (unpaired) electrons. The van der Waals surface area contributed by atoms with Gasteiger partial charge in [0, 0.05) is 63.6 Å². The maximum atomic E-state index is 13.4. The van der Waals surface area contributed by atoms with Crippen LogP contribution in [-0.4, -0.2) is 81.8 Å². The third kappa shape index (κ3) is 5.82. The average molecular weight is 522 g/mol. The molecule has 8 nitrogen and oxygen atoms in total. The van der Waals surface area contributed by atoms with E-state index in [1.807, 2.05) is 42.6 Å². The van der Waals surface area contributed by atoms with Gasteiger partial charge in [-0.1, -0.05) is 0 Å². The molecule has 0 saturated carbocycles. The van der Waals surface area contributed by atoms with Crippen LogP contribution in [0.4, 0.5) is 5.69 Å². The maximum Gasteiger partial charge on any atom is 0.262 e. The van der Waals surface area contributed by atoms with Crippen LogP contribution < -0.4 is 19.9 Å². The molecule has 204 valence electrons. The summed E-state index contributed by atoms with van der Waals surface area (Å²) in [6.45, 7) is 8.19. The zero-order valence-corrected chi connectivity index (χ0v) is 22.7. The van der Waals surface area contributed by atoms with Crippen molar-refractivity contribution in [1.29, 1.82) is 0 Å². The summed E-state index contributed by atoms with van der Waals surface area (Å²) < 4.78 is 24.4. The van der Waals surface area contributed by atoms with E-state index in [0.29, 0.717) is 18.0 Å². The zero-order valence-electron chi connectivity index (χ0n) is 22.7. The number of aromatic nitrogens is 1. The first-order valence-corrected chi connectivity index (χ1v) is 13.6. The van der Waals surface area contributed by atoms with E-state index in [-0.39, 0.29) is 11.7 Å². The van der Waals surface area contributed by atoms with Gasteiger partial charge >= 0.3 is 0 Å². The lowest BCUT2D eigenvalue weighted by molar-refractivity contribution is 0.0680. The number of methoxy groups -OCH3 is 2. The minimum Gasteiger partial charge on any atom is -0.495 e. The van der Waals surface area contributed by atoms with E-state index in [1.165, 1.54) is 0 Å². The van der Waals surface area contributed by atoms with Crippen molar-refractivity contribution < 1.29 is 18.9 Å². The quantitative estimate of drug-likeness (QED) is 0.420. The molecule has 1 unspecified atom stereocenters. The molecule has 2 aliphatic rings. The van der Waals surface area contributed by atoms with Gasteiger partial charge in [-0.15, -0.1) is 0 Å². The molecule has 0 aliphatic carbocycles. The van der Waals surface area contributed by atoms with Crippen molar-refractivity contribution in [1.82, 2.24) is 9.47 Å². The first kappa shape index (κ1) is 26.5. The summed E-state index contributed by atoms with van der Waals surface area (Å²) in [7, 11) is 3.45. The van der Waals surface area contributed by atoms with Gasteiger partial charge in [0.05, 0.1) is 31.2 Å². The van der Waals surface area contributed by atoms with E-state index in [4.69, 9.17) is 18.9 Å². The number of anilines is 1. The number of pyridine rings is 1. The van der Waals surface area contributed by atoms with Crippen LogP contribution in [0.5, 0.6) is 11.5 Å². The van der Waals surface area contributed by atoms with Crippen LogP contribution in [-0.2, 0) is 9.47 Å². The topological polar surface area (TPSA) is 65.4 Å². The monoisotopic (exact) mass is 521 g/mol. The molecule has 0 bridgehead atoms. The average Bonchev–Trinajstić information content (AvgIpc) is 3.34. The van der Waals surface area contributed by atoms with Crippen molar-refractivity contribution in [3.05, 3.63) is 59.0 Å². The molecule has 2 atom stereocenters. The number of rotatable bonds is 9. The predicted octanol–water partition coefficient (Wildman–Crippen LogP) is 4.10. The highest BCUT2D eigenvalue weighted by Gasteiger charge is 2.22. The summed E-state index contributed by atoms with van der Waals surface area (Å²) in [6.07, 6.45) is 5.17. The van der Waals surface area contributed by atoms with Crippen LogP contribution in [0.3, 0.4) is 0 Å². The normalized spacial score (nSPS) is 19.4. The van der Waals surface area contributed by atoms with Crippen molar-refractivity contribution in [2.75, 3.05) is 65.1 Å². The molecule has 2 aromatic carbocycles. The zero-order chi connectivity index (χ0) is 26.5. The number of fused-ring (bicyclic) bond motifs is 1. The van der Waals surface area contributed by atoms with E-state index in [1.54, 1.807) is 18.8 Å². The summed E-state index contributed by atoms with van der Waals surface area (Å²) >= 11 is 0. The lowest BCUT2D eigenvalue weighted by Gasteiger charge is -2.28. The molecule has 8 heteroatoms. The molecule has 0 spiro atoms. The van der Waals surface area contributed by atoms with E-state index in [2.05, 4.69) is 22.8 Å². The van der Waals surface area contributed by atoms with Gasteiger partial charge in [0.25, 0.3) is 5.56 Å². The van der Waals surface area contributed by atoms with Crippen molar-refractivity contribution in [2.45, 2.75) is 38.3 Å². The lowest BCUT2D eigenvalue weighted by Crippen LogP contribution is -2.39. The lowest BCUT2D eigenvalue weighted by atomic mass is 10.1. The third-order valence-corrected chi connectivity index (χ3v) is 7.68. The Morgan fingerprint density at radius 2 is 1.92 bits per heavy atom. The fourth-order valence-corrected chi connectivity index (χ4v) is 5.53. The van der Waals surface area contributed by atoms with Crippen LogP contribution in [0.2, 0.25) is 0 Å². The van der Waals surface area contributed by atoms with Gasteiger partial charge < -0.3 is 23.8 Å². The van der Waals surface area contributed by atoms with Gasteiger partial charge in [-0.25, -0.2) is 0 Å². The Bertz CT molecular complexity index is 1290. The molecular formula is C30H39N3O5. The van der Waals surface area contributed by atoms with Crippen molar-refractivity contribution in [2.24, 2.45) is 0 Å². The number of ether oxygens (including phenoxy) is 4. The molecule has 2 saturated heterocycles. The molecule has 3 aromatic rings. The third-order valence-electron chi connectivity index (χ3n) is 7.68. The Kier molecular flexibility index (Phi) is 8.51. The number of hydrogen-bond acceptors (Lipinski definition) is 7. The maximum absolute atomic E-state index is 13.4. The fraction of sp³-hybridized carbons (Fsp3) is 0.500. The highest BCUT2D eigenvalue weighted by atomic mass is 16.5.